The molecule has 144 valence electrons. The van der Waals surface area contributed by atoms with Gasteiger partial charge in [0.1, 0.15) is 23.9 Å². The summed E-state index contributed by atoms with van der Waals surface area (Å²) in [5, 5.41) is 0. The summed E-state index contributed by atoms with van der Waals surface area (Å²) < 4.78 is 25.1. The van der Waals surface area contributed by atoms with E-state index in [9.17, 15) is 9.18 Å². The van der Waals surface area contributed by atoms with Gasteiger partial charge in [-0.05, 0) is 55.8 Å². The largest absolute Gasteiger partial charge is 0.465 e. The van der Waals surface area contributed by atoms with Gasteiger partial charge in [0.15, 0.2) is 0 Å². The van der Waals surface area contributed by atoms with Crippen LogP contribution in [0.2, 0.25) is 0 Å². The number of carbonyl (C=O) groups is 1. The van der Waals surface area contributed by atoms with Gasteiger partial charge in [0.05, 0.1) is 18.7 Å². The van der Waals surface area contributed by atoms with Gasteiger partial charge in [-0.15, -0.1) is 0 Å². The molecule has 0 bridgehead atoms. The van der Waals surface area contributed by atoms with Crippen molar-refractivity contribution < 1.29 is 18.3 Å². The third kappa shape index (κ3) is 3.92. The zero-order chi connectivity index (χ0) is 18.9. The van der Waals surface area contributed by atoms with Gasteiger partial charge in [0.2, 0.25) is 0 Å². The minimum absolute atomic E-state index is 0.0615. The van der Waals surface area contributed by atoms with E-state index in [1.54, 1.807) is 17.0 Å². The van der Waals surface area contributed by atoms with E-state index in [0.29, 0.717) is 6.54 Å². The maximum atomic E-state index is 13.2. The van der Waals surface area contributed by atoms with Crippen LogP contribution in [0.15, 0.2) is 40.8 Å². The van der Waals surface area contributed by atoms with E-state index in [0.717, 1.165) is 56.1 Å². The number of rotatable bonds is 4. The number of halogens is 1. The van der Waals surface area contributed by atoms with Crippen molar-refractivity contribution in [2.45, 2.75) is 38.3 Å². The first kappa shape index (κ1) is 18.2. The minimum Gasteiger partial charge on any atom is -0.465 e. The zero-order valence-corrected chi connectivity index (χ0v) is 15.6. The number of hydrogen-bond donors (Lipinski definition) is 0. The first-order valence-electron chi connectivity index (χ1n) is 9.57. The summed E-state index contributed by atoms with van der Waals surface area (Å²) in [7, 11) is 0. The third-order valence-electron chi connectivity index (χ3n) is 5.45. The molecule has 0 radical (unpaired) electrons. The topological polar surface area (TPSA) is 45.9 Å². The fraction of sp³-hybridized carbons (Fsp3) is 0.476. The first-order chi connectivity index (χ1) is 13.1. The molecule has 2 fully saturated rings. The lowest BCUT2D eigenvalue weighted by atomic mass is 9.90. The van der Waals surface area contributed by atoms with Gasteiger partial charge in [-0.25, -0.2) is 4.39 Å². The molecule has 2 saturated heterocycles. The van der Waals surface area contributed by atoms with Crippen molar-refractivity contribution in [3.05, 3.63) is 53.7 Å². The molecule has 2 aromatic rings. The number of hydrogen-bond acceptors (Lipinski definition) is 4. The van der Waals surface area contributed by atoms with Crippen LogP contribution in [0.5, 0.6) is 0 Å². The van der Waals surface area contributed by atoms with Gasteiger partial charge in [0, 0.05) is 18.7 Å². The molecule has 1 atom stereocenters. The van der Waals surface area contributed by atoms with Crippen molar-refractivity contribution in [1.82, 2.24) is 4.90 Å². The summed E-state index contributed by atoms with van der Waals surface area (Å²) in [6.45, 7) is 5.11. The maximum absolute atomic E-state index is 13.2. The molecule has 1 unspecified atom stereocenters. The van der Waals surface area contributed by atoms with Gasteiger partial charge >= 0.3 is 0 Å². The summed E-state index contributed by atoms with van der Waals surface area (Å²) >= 11 is 0. The number of benzene rings is 1. The van der Waals surface area contributed by atoms with Crippen LogP contribution in [-0.2, 0) is 22.5 Å². The quantitative estimate of drug-likeness (QED) is 0.825. The number of anilines is 1. The van der Waals surface area contributed by atoms with Crippen molar-refractivity contribution >= 4 is 11.6 Å². The fourth-order valence-corrected chi connectivity index (χ4v) is 4.06. The summed E-state index contributed by atoms with van der Waals surface area (Å²) in [6.07, 6.45) is 2.81. The first-order valence-corrected chi connectivity index (χ1v) is 9.57. The van der Waals surface area contributed by atoms with E-state index in [-0.39, 0.29) is 23.9 Å². The van der Waals surface area contributed by atoms with Crippen LogP contribution >= 0.6 is 0 Å². The van der Waals surface area contributed by atoms with Gasteiger partial charge in [-0.2, -0.15) is 0 Å². The average Bonchev–Trinajstić information content (AvgIpc) is 3.12. The van der Waals surface area contributed by atoms with Crippen molar-refractivity contribution in [1.29, 1.82) is 0 Å². The van der Waals surface area contributed by atoms with Crippen LogP contribution < -0.4 is 4.90 Å². The molecule has 27 heavy (non-hydrogen) atoms. The van der Waals surface area contributed by atoms with E-state index in [4.69, 9.17) is 9.15 Å². The Bertz CT molecular complexity index is 804. The molecule has 2 aliphatic heterocycles. The van der Waals surface area contributed by atoms with Crippen LogP contribution in [0, 0.1) is 5.82 Å². The number of piperidine rings is 1. The second-order valence-electron chi connectivity index (χ2n) is 7.46. The Morgan fingerprint density at radius 1 is 1.11 bits per heavy atom. The highest BCUT2D eigenvalue weighted by atomic mass is 19.1. The smallest absolute Gasteiger partial charge is 0.253 e. The number of likely N-dealkylation sites (tertiary alicyclic amines) is 1. The lowest BCUT2D eigenvalue weighted by molar-refractivity contribution is -0.146. The van der Waals surface area contributed by atoms with Gasteiger partial charge in [0.25, 0.3) is 5.91 Å². The monoisotopic (exact) mass is 372 g/mol. The van der Waals surface area contributed by atoms with Crippen molar-refractivity contribution in [2.24, 2.45) is 0 Å². The summed E-state index contributed by atoms with van der Waals surface area (Å²) in [5.74, 6) is 1.58. The van der Waals surface area contributed by atoms with Gasteiger partial charge < -0.3 is 14.1 Å². The molecule has 1 amide bonds. The Morgan fingerprint density at radius 3 is 2.63 bits per heavy atom. The molecule has 1 spiro atoms. The highest BCUT2D eigenvalue weighted by molar-refractivity contribution is 5.95. The molecule has 2 aliphatic rings. The highest BCUT2D eigenvalue weighted by Gasteiger charge is 2.43. The zero-order valence-electron chi connectivity index (χ0n) is 15.6. The van der Waals surface area contributed by atoms with E-state index < -0.39 is 0 Å². The molecule has 6 heteroatoms. The Kier molecular flexibility index (Phi) is 5.02. The second-order valence-corrected chi connectivity index (χ2v) is 7.46. The number of aryl methyl sites for hydroxylation is 1. The average molecular weight is 372 g/mol. The Balaban J connectivity index is 1.48. The molecule has 1 aromatic heterocycles. The molecule has 0 N–H and O–H groups in total. The number of carbonyl (C=O) groups excluding carboxylic acids is 1. The molecule has 0 aliphatic carbocycles. The van der Waals surface area contributed by atoms with Gasteiger partial charge in [-0.1, -0.05) is 6.92 Å². The van der Waals surface area contributed by atoms with E-state index >= 15 is 0 Å². The third-order valence-corrected chi connectivity index (χ3v) is 5.45. The Morgan fingerprint density at radius 2 is 1.89 bits per heavy atom. The number of nitrogens with zero attached hydrogens (tertiary/aromatic N) is 2. The van der Waals surface area contributed by atoms with Crippen molar-refractivity contribution in [2.75, 3.05) is 31.1 Å². The predicted molar refractivity (Wildman–Crippen MR) is 100 cm³/mol. The predicted octanol–water partition coefficient (Wildman–Crippen LogP) is 3.38. The lowest BCUT2D eigenvalue weighted by Crippen LogP contribution is -2.61. The second kappa shape index (κ2) is 7.44. The minimum atomic E-state index is -0.388. The molecular formula is C21H25FN2O3. The Hall–Kier alpha value is -2.18. The normalized spacial score (nSPS) is 23.9. The Labute approximate surface area is 158 Å². The SMILES string of the molecule is CCc1ccc(CN2CCCC3(C2)CN(c2ccc(F)cc2)C(=O)CO3)o1. The molecule has 5 nitrogen and oxygen atoms in total. The molecular weight excluding hydrogens is 347 g/mol. The fourth-order valence-electron chi connectivity index (χ4n) is 4.06. The number of ether oxygens (including phenoxy) is 1. The van der Waals surface area contributed by atoms with E-state index in [1.807, 2.05) is 12.1 Å². The maximum Gasteiger partial charge on any atom is 0.253 e. The van der Waals surface area contributed by atoms with Crippen LogP contribution in [0.1, 0.15) is 31.3 Å². The highest BCUT2D eigenvalue weighted by Crippen LogP contribution is 2.32. The van der Waals surface area contributed by atoms with Crippen LogP contribution in [0.3, 0.4) is 0 Å². The number of morpholine rings is 1. The number of amides is 1. The summed E-state index contributed by atoms with van der Waals surface area (Å²) in [5.41, 5.74) is 0.334. The van der Waals surface area contributed by atoms with Crippen LogP contribution in [0.4, 0.5) is 10.1 Å². The van der Waals surface area contributed by atoms with Crippen LogP contribution in [-0.4, -0.2) is 42.6 Å². The summed E-state index contributed by atoms with van der Waals surface area (Å²) in [6, 6.07) is 10.2. The summed E-state index contributed by atoms with van der Waals surface area (Å²) in [4.78, 5) is 16.5. The van der Waals surface area contributed by atoms with E-state index in [2.05, 4.69) is 11.8 Å². The standard InChI is InChI=1S/C21H25FN2O3/c1-2-18-8-9-19(27-18)12-23-11-3-10-21(14-23)15-24(20(25)13-26-21)17-6-4-16(22)5-7-17/h4-9H,2-3,10-15H2,1H3. The lowest BCUT2D eigenvalue weighted by Gasteiger charge is -2.47. The van der Waals surface area contributed by atoms with Crippen molar-refractivity contribution in [3.8, 4) is 0 Å². The molecule has 3 heterocycles. The molecule has 4 rings (SSSR count). The van der Waals surface area contributed by atoms with E-state index in [1.165, 1.54) is 12.1 Å². The van der Waals surface area contributed by atoms with Crippen molar-refractivity contribution in [3.63, 3.8) is 0 Å². The molecule has 0 saturated carbocycles. The molecule has 1 aromatic carbocycles. The van der Waals surface area contributed by atoms with Gasteiger partial charge in [-0.3, -0.25) is 9.69 Å². The number of furan rings is 1. The van der Waals surface area contributed by atoms with Crippen LogP contribution in [0.25, 0.3) is 0 Å².